The average molecular weight is 265 g/mol. The van der Waals surface area contributed by atoms with E-state index in [-0.39, 0.29) is 0 Å². The SMILES string of the molecule is CCCCOCOCCC=CCCBr. The van der Waals surface area contributed by atoms with Crippen molar-refractivity contribution >= 4 is 15.9 Å². The summed E-state index contributed by atoms with van der Waals surface area (Å²) in [5, 5.41) is 1.03. The van der Waals surface area contributed by atoms with Crippen molar-refractivity contribution in [2.75, 3.05) is 25.3 Å². The first kappa shape index (κ1) is 14.1. The van der Waals surface area contributed by atoms with Crippen LogP contribution in [0.1, 0.15) is 32.6 Å². The average Bonchev–Trinajstić information content (AvgIpc) is 2.21. The van der Waals surface area contributed by atoms with Crippen molar-refractivity contribution in [2.45, 2.75) is 32.6 Å². The molecular weight excluding hydrogens is 244 g/mol. The summed E-state index contributed by atoms with van der Waals surface area (Å²) >= 11 is 3.36. The van der Waals surface area contributed by atoms with Gasteiger partial charge in [0.15, 0.2) is 0 Å². The van der Waals surface area contributed by atoms with Crippen LogP contribution in [-0.4, -0.2) is 25.3 Å². The molecule has 2 nitrogen and oxygen atoms in total. The Morgan fingerprint density at radius 1 is 1.07 bits per heavy atom. The van der Waals surface area contributed by atoms with Crippen molar-refractivity contribution in [3.63, 3.8) is 0 Å². The topological polar surface area (TPSA) is 18.5 Å². The van der Waals surface area contributed by atoms with Crippen molar-refractivity contribution in [1.29, 1.82) is 0 Å². The second kappa shape index (κ2) is 13.1. The molecule has 0 N–H and O–H groups in total. The van der Waals surface area contributed by atoms with E-state index in [9.17, 15) is 0 Å². The zero-order valence-electron chi connectivity index (χ0n) is 9.01. The molecule has 0 amide bonds. The Hall–Kier alpha value is 0.140. The van der Waals surface area contributed by atoms with E-state index in [1.165, 1.54) is 6.42 Å². The molecule has 0 unspecified atom stereocenters. The summed E-state index contributed by atoms with van der Waals surface area (Å²) in [5.74, 6) is 0. The van der Waals surface area contributed by atoms with E-state index in [4.69, 9.17) is 9.47 Å². The molecule has 0 saturated heterocycles. The Labute approximate surface area is 95.8 Å². The molecule has 3 heteroatoms. The molecule has 0 aliphatic rings. The highest BCUT2D eigenvalue weighted by atomic mass is 79.9. The van der Waals surface area contributed by atoms with E-state index < -0.39 is 0 Å². The Balaban J connectivity index is 2.91. The Bertz CT molecular complexity index is 126. The molecule has 0 aromatic carbocycles. The second-order valence-corrected chi connectivity index (χ2v) is 3.82. The minimum absolute atomic E-state index is 0.437. The first-order valence-electron chi connectivity index (χ1n) is 5.28. The lowest BCUT2D eigenvalue weighted by Gasteiger charge is -2.03. The molecule has 14 heavy (non-hydrogen) atoms. The number of alkyl halides is 1. The lowest BCUT2D eigenvalue weighted by atomic mass is 10.3. The number of halogens is 1. The fourth-order valence-corrected chi connectivity index (χ4v) is 1.14. The van der Waals surface area contributed by atoms with Crippen LogP contribution >= 0.6 is 15.9 Å². The van der Waals surface area contributed by atoms with Gasteiger partial charge >= 0.3 is 0 Å². The summed E-state index contributed by atoms with van der Waals surface area (Å²) in [5.41, 5.74) is 0. The molecule has 0 aliphatic carbocycles. The molecular formula is C11H21BrO2. The zero-order chi connectivity index (χ0) is 10.5. The minimum Gasteiger partial charge on any atom is -0.355 e. The molecule has 0 heterocycles. The van der Waals surface area contributed by atoms with Gasteiger partial charge in [-0.1, -0.05) is 41.4 Å². The maximum Gasteiger partial charge on any atom is 0.146 e. The van der Waals surface area contributed by atoms with Crippen LogP contribution in [0, 0.1) is 0 Å². The van der Waals surface area contributed by atoms with Gasteiger partial charge in [0.1, 0.15) is 6.79 Å². The predicted octanol–water partition coefficient (Wildman–Crippen LogP) is 3.51. The Morgan fingerprint density at radius 3 is 2.50 bits per heavy atom. The van der Waals surface area contributed by atoms with Crippen molar-refractivity contribution in [1.82, 2.24) is 0 Å². The normalized spacial score (nSPS) is 11.3. The lowest BCUT2D eigenvalue weighted by molar-refractivity contribution is -0.0528. The first-order valence-corrected chi connectivity index (χ1v) is 6.40. The number of allylic oxidation sites excluding steroid dienone is 1. The van der Waals surface area contributed by atoms with Gasteiger partial charge in [-0.25, -0.2) is 0 Å². The summed E-state index contributed by atoms with van der Waals surface area (Å²) in [7, 11) is 0. The van der Waals surface area contributed by atoms with Gasteiger partial charge in [-0.2, -0.15) is 0 Å². The fraction of sp³-hybridized carbons (Fsp3) is 0.818. The molecule has 0 rings (SSSR count). The van der Waals surface area contributed by atoms with Crippen LogP contribution in [0.5, 0.6) is 0 Å². The van der Waals surface area contributed by atoms with E-state index in [1.54, 1.807) is 0 Å². The van der Waals surface area contributed by atoms with Gasteiger partial charge < -0.3 is 9.47 Å². The lowest BCUT2D eigenvalue weighted by Crippen LogP contribution is -2.02. The molecule has 0 spiro atoms. The third-order valence-corrected chi connectivity index (χ3v) is 2.14. The third-order valence-electron chi connectivity index (χ3n) is 1.68. The molecule has 0 aromatic rings. The Kier molecular flexibility index (Phi) is 13.3. The number of unbranched alkanes of at least 4 members (excludes halogenated alkanes) is 1. The van der Waals surface area contributed by atoms with E-state index in [0.29, 0.717) is 6.79 Å². The summed E-state index contributed by atoms with van der Waals surface area (Å²) in [6.07, 6.45) is 8.67. The molecule has 0 aromatic heterocycles. The summed E-state index contributed by atoms with van der Waals surface area (Å²) in [4.78, 5) is 0. The van der Waals surface area contributed by atoms with Gasteiger partial charge in [0, 0.05) is 11.9 Å². The maximum absolute atomic E-state index is 5.28. The Morgan fingerprint density at radius 2 is 1.79 bits per heavy atom. The van der Waals surface area contributed by atoms with Crippen molar-refractivity contribution in [3.8, 4) is 0 Å². The van der Waals surface area contributed by atoms with Crippen LogP contribution in [-0.2, 0) is 9.47 Å². The van der Waals surface area contributed by atoms with E-state index in [1.807, 2.05) is 0 Å². The monoisotopic (exact) mass is 264 g/mol. The summed E-state index contributed by atoms with van der Waals surface area (Å²) < 4.78 is 10.5. The molecule has 0 aliphatic heterocycles. The first-order chi connectivity index (χ1) is 6.91. The molecule has 0 radical (unpaired) electrons. The number of hydrogen-bond acceptors (Lipinski definition) is 2. The van der Waals surface area contributed by atoms with Crippen LogP contribution in [0.25, 0.3) is 0 Å². The predicted molar refractivity (Wildman–Crippen MR) is 63.8 cm³/mol. The van der Waals surface area contributed by atoms with Crippen LogP contribution < -0.4 is 0 Å². The van der Waals surface area contributed by atoms with Crippen LogP contribution in [0.15, 0.2) is 12.2 Å². The van der Waals surface area contributed by atoms with Crippen molar-refractivity contribution in [3.05, 3.63) is 12.2 Å². The van der Waals surface area contributed by atoms with E-state index in [0.717, 1.165) is 37.8 Å². The van der Waals surface area contributed by atoms with Crippen LogP contribution in [0.3, 0.4) is 0 Å². The summed E-state index contributed by atoms with van der Waals surface area (Å²) in [6.45, 7) is 4.16. The van der Waals surface area contributed by atoms with E-state index >= 15 is 0 Å². The van der Waals surface area contributed by atoms with E-state index in [2.05, 4.69) is 35.0 Å². The van der Waals surface area contributed by atoms with Crippen LogP contribution in [0.2, 0.25) is 0 Å². The second-order valence-electron chi connectivity index (χ2n) is 3.03. The number of hydrogen-bond donors (Lipinski definition) is 0. The molecule has 0 fully saturated rings. The highest BCUT2D eigenvalue weighted by Crippen LogP contribution is 1.93. The zero-order valence-corrected chi connectivity index (χ0v) is 10.6. The standard InChI is InChI=1S/C11H21BrO2/c1-2-3-9-13-11-14-10-7-5-4-6-8-12/h4-5H,2-3,6-11H2,1H3. The van der Waals surface area contributed by atoms with Gasteiger partial charge in [0.05, 0.1) is 6.61 Å². The van der Waals surface area contributed by atoms with Gasteiger partial charge in [0.2, 0.25) is 0 Å². The van der Waals surface area contributed by atoms with Crippen LogP contribution in [0.4, 0.5) is 0 Å². The quantitative estimate of drug-likeness (QED) is 0.260. The van der Waals surface area contributed by atoms with Gasteiger partial charge in [0.25, 0.3) is 0 Å². The maximum atomic E-state index is 5.28. The summed E-state index contributed by atoms with van der Waals surface area (Å²) in [6, 6.07) is 0. The van der Waals surface area contributed by atoms with Crippen molar-refractivity contribution in [2.24, 2.45) is 0 Å². The molecule has 0 saturated carbocycles. The molecule has 0 atom stereocenters. The fourth-order valence-electron chi connectivity index (χ4n) is 0.873. The molecule has 84 valence electrons. The largest absolute Gasteiger partial charge is 0.355 e. The highest BCUT2D eigenvalue weighted by Gasteiger charge is 1.87. The van der Waals surface area contributed by atoms with Gasteiger partial charge in [-0.3, -0.25) is 0 Å². The van der Waals surface area contributed by atoms with Gasteiger partial charge in [-0.15, -0.1) is 0 Å². The van der Waals surface area contributed by atoms with Gasteiger partial charge in [-0.05, 0) is 19.3 Å². The van der Waals surface area contributed by atoms with Crippen molar-refractivity contribution < 1.29 is 9.47 Å². The highest BCUT2D eigenvalue weighted by molar-refractivity contribution is 9.09. The minimum atomic E-state index is 0.437. The number of rotatable bonds is 10. The molecule has 0 bridgehead atoms. The number of ether oxygens (including phenoxy) is 2. The smallest absolute Gasteiger partial charge is 0.146 e. The third kappa shape index (κ3) is 12.1.